The van der Waals surface area contributed by atoms with Crippen molar-refractivity contribution < 1.29 is 30.0 Å². The lowest BCUT2D eigenvalue weighted by Gasteiger charge is -2.53. The third kappa shape index (κ3) is 3.98. The van der Waals surface area contributed by atoms with Gasteiger partial charge in [-0.25, -0.2) is 0 Å². The number of hydrogen-bond acceptors (Lipinski definition) is 6. The molecule has 0 amide bonds. The SMILES string of the molecule is CCCCCCCCCCO[C@@H]1[C@@H](C)[C@@]2(O)[C@@H](C=C(CO)C[C@]3(O)C(=O)C(C)=C[C@@H]23)[C@H]2C(C)(C)[C@]12O. The maximum absolute atomic E-state index is 13.1. The van der Waals surface area contributed by atoms with Crippen LogP contribution in [-0.2, 0) is 9.53 Å². The Kier molecular flexibility index (Phi) is 7.71. The van der Waals surface area contributed by atoms with Crippen LogP contribution in [0.15, 0.2) is 23.3 Å². The van der Waals surface area contributed by atoms with Crippen LogP contribution in [0.25, 0.3) is 0 Å². The molecule has 36 heavy (non-hydrogen) atoms. The van der Waals surface area contributed by atoms with E-state index in [-0.39, 0.29) is 24.7 Å². The first kappa shape index (κ1) is 28.0. The van der Waals surface area contributed by atoms with Crippen LogP contribution in [0.5, 0.6) is 0 Å². The van der Waals surface area contributed by atoms with Crippen molar-refractivity contribution in [3.63, 3.8) is 0 Å². The zero-order valence-electron chi connectivity index (χ0n) is 22.9. The number of ether oxygens (including phenoxy) is 1. The second-order valence-electron chi connectivity index (χ2n) is 12.7. The summed E-state index contributed by atoms with van der Waals surface area (Å²) in [6.07, 6.45) is 12.4. The molecule has 0 heterocycles. The zero-order chi connectivity index (χ0) is 26.5. The molecular formula is C30H48O6. The molecule has 2 saturated carbocycles. The molecule has 0 saturated heterocycles. The summed E-state index contributed by atoms with van der Waals surface area (Å²) < 4.78 is 6.41. The normalized spacial score (nSPS) is 42.7. The van der Waals surface area contributed by atoms with Crippen molar-refractivity contribution in [1.82, 2.24) is 0 Å². The minimum Gasteiger partial charge on any atom is -0.392 e. The predicted octanol–water partition coefficient (Wildman–Crippen LogP) is 4.10. The topological polar surface area (TPSA) is 107 Å². The van der Waals surface area contributed by atoms with Crippen molar-refractivity contribution >= 4 is 5.78 Å². The molecule has 4 rings (SSSR count). The number of ketones is 1. The molecule has 4 aliphatic rings. The Hall–Kier alpha value is -1.05. The molecule has 6 heteroatoms. The van der Waals surface area contributed by atoms with E-state index in [0.717, 1.165) is 12.8 Å². The number of unbranched alkanes of at least 4 members (excludes halogenated alkanes) is 7. The molecule has 0 aromatic heterocycles. The fourth-order valence-corrected chi connectivity index (χ4v) is 8.13. The maximum Gasteiger partial charge on any atom is 0.190 e. The number of fused-ring (bicyclic) bond motifs is 5. The van der Waals surface area contributed by atoms with Gasteiger partial charge in [-0.05, 0) is 24.5 Å². The van der Waals surface area contributed by atoms with E-state index in [1.165, 1.54) is 38.5 Å². The van der Waals surface area contributed by atoms with Crippen LogP contribution in [0, 0.1) is 29.1 Å². The molecule has 6 nitrogen and oxygen atoms in total. The lowest BCUT2D eigenvalue weighted by Crippen LogP contribution is -2.65. The van der Waals surface area contributed by atoms with Gasteiger partial charge in [0.25, 0.3) is 0 Å². The van der Waals surface area contributed by atoms with Gasteiger partial charge in [0.15, 0.2) is 5.78 Å². The summed E-state index contributed by atoms with van der Waals surface area (Å²) >= 11 is 0. The fraction of sp³-hybridized carbons (Fsp3) is 0.833. The fourth-order valence-electron chi connectivity index (χ4n) is 8.13. The first-order valence-electron chi connectivity index (χ1n) is 14.2. The summed E-state index contributed by atoms with van der Waals surface area (Å²) in [5, 5.41) is 46.2. The van der Waals surface area contributed by atoms with Gasteiger partial charge in [-0.2, -0.15) is 0 Å². The van der Waals surface area contributed by atoms with Gasteiger partial charge < -0.3 is 25.2 Å². The van der Waals surface area contributed by atoms with Gasteiger partial charge in [-0.3, -0.25) is 4.79 Å². The van der Waals surface area contributed by atoms with Crippen molar-refractivity contribution in [3.05, 3.63) is 23.3 Å². The highest BCUT2D eigenvalue weighted by Gasteiger charge is 2.84. The highest BCUT2D eigenvalue weighted by atomic mass is 16.5. The minimum atomic E-state index is -1.80. The van der Waals surface area contributed by atoms with Gasteiger partial charge in [0.2, 0.25) is 0 Å². The van der Waals surface area contributed by atoms with Gasteiger partial charge in [0.1, 0.15) is 11.2 Å². The Labute approximate surface area is 216 Å². The number of carbonyl (C=O) groups is 1. The molecule has 0 spiro atoms. The molecule has 2 fully saturated rings. The van der Waals surface area contributed by atoms with Crippen molar-refractivity contribution in [2.75, 3.05) is 13.2 Å². The first-order chi connectivity index (χ1) is 16.9. The number of aliphatic hydroxyl groups is 4. The molecule has 4 aliphatic carbocycles. The Bertz CT molecular complexity index is 907. The average Bonchev–Trinajstić information content (AvgIpc) is 3.22. The van der Waals surface area contributed by atoms with E-state index in [2.05, 4.69) is 6.92 Å². The van der Waals surface area contributed by atoms with Crippen molar-refractivity contribution in [1.29, 1.82) is 0 Å². The highest BCUT2D eigenvalue weighted by Crippen LogP contribution is 2.75. The van der Waals surface area contributed by atoms with E-state index in [1.54, 1.807) is 13.0 Å². The van der Waals surface area contributed by atoms with Crippen LogP contribution >= 0.6 is 0 Å². The summed E-state index contributed by atoms with van der Waals surface area (Å²) in [5.74, 6) is -2.55. The standard InChI is InChI=1S/C30H48O6/c1-6-7-8-9-10-11-12-13-14-36-26-20(3)29(34)22(24-27(4,5)30(24,26)35)16-21(18-31)17-28(33)23(29)15-19(2)25(28)32/h15-16,20,22-24,26,31,33-35H,6-14,17-18H2,1-5H3/t20-,22+,23-,24+,26-,28-,29-,30-/m1/s1. The minimum absolute atomic E-state index is 0.0122. The van der Waals surface area contributed by atoms with Crippen molar-refractivity contribution in [2.45, 2.75) is 115 Å². The second kappa shape index (κ2) is 9.92. The number of rotatable bonds is 11. The largest absolute Gasteiger partial charge is 0.392 e. The predicted molar refractivity (Wildman–Crippen MR) is 139 cm³/mol. The monoisotopic (exact) mass is 504 g/mol. The summed E-state index contributed by atoms with van der Waals surface area (Å²) in [6, 6.07) is 0. The second-order valence-corrected chi connectivity index (χ2v) is 12.7. The van der Waals surface area contributed by atoms with Crippen LogP contribution < -0.4 is 0 Å². The Morgan fingerprint density at radius 1 is 1.00 bits per heavy atom. The van der Waals surface area contributed by atoms with Crippen LogP contribution in [0.2, 0.25) is 0 Å². The number of carbonyl (C=O) groups excluding carboxylic acids is 1. The lowest BCUT2D eigenvalue weighted by atomic mass is 9.59. The third-order valence-corrected chi connectivity index (χ3v) is 10.3. The summed E-state index contributed by atoms with van der Waals surface area (Å²) in [4.78, 5) is 13.1. The molecule has 204 valence electrons. The average molecular weight is 505 g/mol. The highest BCUT2D eigenvalue weighted by molar-refractivity contribution is 6.04. The molecule has 0 aliphatic heterocycles. The summed E-state index contributed by atoms with van der Waals surface area (Å²) in [6.45, 7) is 10.0. The number of Topliss-reactive ketones (excluding diaryl/α,β-unsaturated/α-hetero) is 1. The molecule has 0 radical (unpaired) electrons. The molecule has 0 unspecified atom stereocenters. The summed E-state index contributed by atoms with van der Waals surface area (Å²) in [5.41, 5.74) is -3.95. The molecule has 0 bridgehead atoms. The summed E-state index contributed by atoms with van der Waals surface area (Å²) in [7, 11) is 0. The Balaban J connectivity index is 1.56. The van der Waals surface area contributed by atoms with Gasteiger partial charge in [-0.1, -0.05) is 84.8 Å². The van der Waals surface area contributed by atoms with Crippen LogP contribution in [-0.4, -0.2) is 62.3 Å². The Morgan fingerprint density at radius 2 is 1.61 bits per heavy atom. The third-order valence-electron chi connectivity index (χ3n) is 10.3. The first-order valence-corrected chi connectivity index (χ1v) is 14.2. The van der Waals surface area contributed by atoms with Gasteiger partial charge >= 0.3 is 0 Å². The van der Waals surface area contributed by atoms with Gasteiger partial charge in [0.05, 0.1) is 18.3 Å². The lowest BCUT2D eigenvalue weighted by molar-refractivity contribution is -0.221. The van der Waals surface area contributed by atoms with Gasteiger partial charge in [0, 0.05) is 42.1 Å². The molecular weight excluding hydrogens is 456 g/mol. The quantitative estimate of drug-likeness (QED) is 0.249. The van der Waals surface area contributed by atoms with E-state index < -0.39 is 46.1 Å². The molecule has 0 aromatic rings. The van der Waals surface area contributed by atoms with E-state index in [9.17, 15) is 25.2 Å². The smallest absolute Gasteiger partial charge is 0.190 e. The van der Waals surface area contributed by atoms with Crippen molar-refractivity contribution in [3.8, 4) is 0 Å². The van der Waals surface area contributed by atoms with Crippen LogP contribution in [0.1, 0.15) is 92.4 Å². The maximum atomic E-state index is 13.1. The number of hydrogen-bond donors (Lipinski definition) is 4. The van der Waals surface area contributed by atoms with Gasteiger partial charge in [-0.15, -0.1) is 0 Å². The zero-order valence-corrected chi connectivity index (χ0v) is 22.9. The van der Waals surface area contributed by atoms with E-state index in [1.807, 2.05) is 26.8 Å². The van der Waals surface area contributed by atoms with Crippen LogP contribution in [0.3, 0.4) is 0 Å². The van der Waals surface area contributed by atoms with E-state index in [0.29, 0.717) is 17.8 Å². The van der Waals surface area contributed by atoms with Crippen LogP contribution in [0.4, 0.5) is 0 Å². The van der Waals surface area contributed by atoms with E-state index in [4.69, 9.17) is 4.74 Å². The molecule has 8 atom stereocenters. The van der Waals surface area contributed by atoms with Crippen molar-refractivity contribution in [2.24, 2.45) is 29.1 Å². The Morgan fingerprint density at radius 3 is 2.22 bits per heavy atom. The molecule has 4 N–H and O–H groups in total. The molecule has 0 aromatic carbocycles. The number of aliphatic hydroxyl groups excluding tert-OH is 1. The van der Waals surface area contributed by atoms with E-state index >= 15 is 0 Å².